The number of carboxylic acids is 1. The monoisotopic (exact) mass is 478 g/mol. The van der Waals surface area contributed by atoms with Gasteiger partial charge in [0.1, 0.15) is 13.2 Å². The van der Waals surface area contributed by atoms with Gasteiger partial charge >= 0.3 is 12.1 Å². The van der Waals surface area contributed by atoms with E-state index in [1.165, 1.54) is 4.90 Å². The molecule has 8 heteroatoms. The Morgan fingerprint density at radius 2 is 1.60 bits per heavy atom. The van der Waals surface area contributed by atoms with E-state index in [1.807, 2.05) is 24.3 Å². The topological polar surface area (TPSA) is 105 Å². The van der Waals surface area contributed by atoms with Gasteiger partial charge in [-0.05, 0) is 47.9 Å². The fraction of sp³-hybridized carbons (Fsp3) is 0.444. The Morgan fingerprint density at radius 1 is 1.00 bits per heavy atom. The number of hydrogen-bond acceptors (Lipinski definition) is 5. The number of aliphatic carboxylic acids is 1. The lowest BCUT2D eigenvalue weighted by atomic mass is 9.86. The van der Waals surface area contributed by atoms with Crippen LogP contribution in [-0.4, -0.2) is 65.9 Å². The van der Waals surface area contributed by atoms with Gasteiger partial charge in [0.15, 0.2) is 0 Å². The Balaban J connectivity index is 1.27. The molecule has 3 aliphatic rings. The molecule has 8 nitrogen and oxygen atoms in total. The summed E-state index contributed by atoms with van der Waals surface area (Å²) in [6, 6.07) is 16.3. The standard InChI is InChI=1S/C27H30N2O6/c30-24(29(16-25(31)32)18-9-10-18)15-27(11-13-34-14-12-27)28-26(33)35-17-23-21-7-3-1-5-19(21)20-6-2-4-8-22(20)23/h1-8,18,23H,9-17H2,(H,28,33)(H,31,32). The second-order valence-corrected chi connectivity index (χ2v) is 9.67. The minimum Gasteiger partial charge on any atom is -0.480 e. The van der Waals surface area contributed by atoms with Crippen LogP contribution in [0.1, 0.15) is 49.1 Å². The first kappa shape index (κ1) is 23.4. The van der Waals surface area contributed by atoms with Gasteiger partial charge in [0.05, 0.1) is 12.0 Å². The van der Waals surface area contributed by atoms with Crippen LogP contribution in [0.2, 0.25) is 0 Å². The molecule has 2 N–H and O–H groups in total. The molecule has 0 radical (unpaired) electrons. The molecule has 1 heterocycles. The number of benzene rings is 2. The second-order valence-electron chi connectivity index (χ2n) is 9.67. The number of amides is 2. The number of nitrogens with one attached hydrogen (secondary N) is 1. The van der Waals surface area contributed by atoms with Crippen molar-refractivity contribution in [3.05, 3.63) is 59.7 Å². The predicted molar refractivity (Wildman–Crippen MR) is 128 cm³/mol. The number of nitrogens with zero attached hydrogens (tertiary/aromatic N) is 1. The van der Waals surface area contributed by atoms with Crippen molar-refractivity contribution in [1.82, 2.24) is 10.2 Å². The molecule has 0 atom stereocenters. The van der Waals surface area contributed by atoms with Gasteiger partial charge in [-0.25, -0.2) is 4.79 Å². The van der Waals surface area contributed by atoms with Crippen LogP contribution >= 0.6 is 0 Å². The number of carboxylic acid groups (broad SMARTS) is 1. The Kier molecular flexibility index (Phi) is 6.47. The third-order valence-corrected chi connectivity index (χ3v) is 7.26. The molecule has 2 aliphatic carbocycles. The molecule has 2 aromatic rings. The quantitative estimate of drug-likeness (QED) is 0.601. The molecule has 2 aromatic carbocycles. The summed E-state index contributed by atoms with van der Waals surface area (Å²) in [4.78, 5) is 38.8. The van der Waals surface area contributed by atoms with Gasteiger partial charge in [-0.3, -0.25) is 9.59 Å². The summed E-state index contributed by atoms with van der Waals surface area (Å²) < 4.78 is 11.2. The molecular formula is C27H30N2O6. The van der Waals surface area contributed by atoms with Gasteiger partial charge in [-0.1, -0.05) is 48.5 Å². The lowest BCUT2D eigenvalue weighted by molar-refractivity contribution is -0.146. The van der Waals surface area contributed by atoms with Crippen molar-refractivity contribution in [2.45, 2.75) is 49.6 Å². The summed E-state index contributed by atoms with van der Waals surface area (Å²) in [5, 5.41) is 12.2. The molecule has 184 valence electrons. The van der Waals surface area contributed by atoms with E-state index in [2.05, 4.69) is 29.6 Å². The number of rotatable bonds is 8. The maximum atomic E-state index is 13.1. The zero-order valence-electron chi connectivity index (χ0n) is 19.6. The SMILES string of the molecule is O=C(O)CN(C(=O)CC1(NC(=O)OCC2c3ccccc3-c3ccccc32)CCOCC1)C1CC1. The maximum Gasteiger partial charge on any atom is 0.407 e. The van der Waals surface area contributed by atoms with Crippen LogP contribution in [0.25, 0.3) is 11.1 Å². The summed E-state index contributed by atoms with van der Waals surface area (Å²) in [7, 11) is 0. The van der Waals surface area contributed by atoms with Crippen molar-refractivity contribution >= 4 is 18.0 Å². The first-order valence-electron chi connectivity index (χ1n) is 12.2. The van der Waals surface area contributed by atoms with Crippen LogP contribution in [0.4, 0.5) is 4.79 Å². The summed E-state index contributed by atoms with van der Waals surface area (Å²) >= 11 is 0. The zero-order valence-corrected chi connectivity index (χ0v) is 19.6. The van der Waals surface area contributed by atoms with Crippen molar-refractivity contribution in [3.8, 4) is 11.1 Å². The van der Waals surface area contributed by atoms with Crippen molar-refractivity contribution < 1.29 is 29.0 Å². The summed E-state index contributed by atoms with van der Waals surface area (Å²) in [5.41, 5.74) is 3.76. The van der Waals surface area contributed by atoms with Gasteiger partial charge in [0, 0.05) is 25.2 Å². The van der Waals surface area contributed by atoms with E-state index in [1.54, 1.807) is 0 Å². The smallest absolute Gasteiger partial charge is 0.407 e. The van der Waals surface area contributed by atoms with Crippen molar-refractivity contribution in [3.63, 3.8) is 0 Å². The van der Waals surface area contributed by atoms with Gasteiger partial charge in [0.25, 0.3) is 0 Å². The number of alkyl carbamates (subject to hydrolysis) is 1. The zero-order chi connectivity index (χ0) is 24.4. The summed E-state index contributed by atoms with van der Waals surface area (Å²) in [5.74, 6) is -1.34. The molecule has 35 heavy (non-hydrogen) atoms. The normalized spacial score (nSPS) is 18.3. The van der Waals surface area contributed by atoms with E-state index in [4.69, 9.17) is 9.47 Å². The molecule has 0 spiro atoms. The number of carbonyl (C=O) groups excluding carboxylic acids is 2. The van der Waals surface area contributed by atoms with Crippen LogP contribution < -0.4 is 5.32 Å². The average Bonchev–Trinajstić information content (AvgIpc) is 3.64. The molecule has 0 bridgehead atoms. The molecule has 2 fully saturated rings. The van der Waals surface area contributed by atoms with Crippen LogP contribution in [0.3, 0.4) is 0 Å². The number of carbonyl (C=O) groups is 3. The lowest BCUT2D eigenvalue weighted by Crippen LogP contribution is -2.55. The molecule has 0 aromatic heterocycles. The van der Waals surface area contributed by atoms with E-state index < -0.39 is 17.6 Å². The summed E-state index contributed by atoms with van der Waals surface area (Å²) in [6.45, 7) is 0.702. The molecule has 5 rings (SSSR count). The van der Waals surface area contributed by atoms with Gasteiger partial charge in [-0.2, -0.15) is 0 Å². The first-order chi connectivity index (χ1) is 17.0. The third kappa shape index (κ3) is 5.03. The van der Waals surface area contributed by atoms with Crippen LogP contribution in [0.15, 0.2) is 48.5 Å². The largest absolute Gasteiger partial charge is 0.480 e. The van der Waals surface area contributed by atoms with E-state index in [0.717, 1.165) is 35.1 Å². The molecule has 0 unspecified atom stereocenters. The minimum absolute atomic E-state index is 0.0232. The first-order valence-corrected chi connectivity index (χ1v) is 12.2. The molecule has 2 amide bonds. The van der Waals surface area contributed by atoms with Gasteiger partial charge in [-0.15, -0.1) is 0 Å². The molecular weight excluding hydrogens is 448 g/mol. The van der Waals surface area contributed by atoms with E-state index in [0.29, 0.717) is 26.1 Å². The third-order valence-electron chi connectivity index (χ3n) is 7.26. The van der Waals surface area contributed by atoms with E-state index in [-0.39, 0.29) is 37.4 Å². The Bertz CT molecular complexity index is 1080. The van der Waals surface area contributed by atoms with Gasteiger partial charge < -0.3 is 24.8 Å². The van der Waals surface area contributed by atoms with E-state index >= 15 is 0 Å². The van der Waals surface area contributed by atoms with Crippen molar-refractivity contribution in [2.75, 3.05) is 26.4 Å². The fourth-order valence-electron chi connectivity index (χ4n) is 5.30. The highest BCUT2D eigenvalue weighted by atomic mass is 16.5. The van der Waals surface area contributed by atoms with Crippen LogP contribution in [0.5, 0.6) is 0 Å². The second kappa shape index (κ2) is 9.70. The number of fused-ring (bicyclic) bond motifs is 3. The average molecular weight is 479 g/mol. The molecule has 1 aliphatic heterocycles. The Hall–Kier alpha value is -3.39. The maximum absolute atomic E-state index is 13.1. The van der Waals surface area contributed by atoms with Crippen molar-refractivity contribution in [2.24, 2.45) is 0 Å². The Labute approximate surface area is 204 Å². The molecule has 1 saturated heterocycles. The Morgan fingerprint density at radius 3 is 2.17 bits per heavy atom. The number of hydrogen-bond donors (Lipinski definition) is 2. The highest BCUT2D eigenvalue weighted by molar-refractivity contribution is 5.83. The van der Waals surface area contributed by atoms with E-state index in [9.17, 15) is 19.5 Å². The minimum atomic E-state index is -1.03. The number of ether oxygens (including phenoxy) is 2. The summed E-state index contributed by atoms with van der Waals surface area (Å²) in [6.07, 6.45) is 2.02. The lowest BCUT2D eigenvalue weighted by Gasteiger charge is -2.38. The van der Waals surface area contributed by atoms with Crippen LogP contribution in [-0.2, 0) is 19.1 Å². The van der Waals surface area contributed by atoms with Gasteiger partial charge in [0.2, 0.25) is 5.91 Å². The highest BCUT2D eigenvalue weighted by Crippen LogP contribution is 2.44. The van der Waals surface area contributed by atoms with Crippen LogP contribution in [0, 0.1) is 0 Å². The van der Waals surface area contributed by atoms with Crippen molar-refractivity contribution in [1.29, 1.82) is 0 Å². The fourth-order valence-corrected chi connectivity index (χ4v) is 5.30. The molecule has 1 saturated carbocycles. The highest BCUT2D eigenvalue weighted by Gasteiger charge is 2.41. The predicted octanol–water partition coefficient (Wildman–Crippen LogP) is 3.54.